The zero-order valence-electron chi connectivity index (χ0n) is 42.0. The summed E-state index contributed by atoms with van der Waals surface area (Å²) in [6.45, 7) is 0. The Morgan fingerprint density at radius 2 is 0.646 bits per heavy atom. The second kappa shape index (κ2) is 23.7. The molecule has 0 bridgehead atoms. The Kier molecular flexibility index (Phi) is 15.3. The summed E-state index contributed by atoms with van der Waals surface area (Å²) in [4.78, 5) is 28.9. The fourth-order valence-corrected chi connectivity index (χ4v) is 8.39. The molecule has 0 atom stereocenters. The third-order valence-corrected chi connectivity index (χ3v) is 12.3. The summed E-state index contributed by atoms with van der Waals surface area (Å²) >= 11 is 0. The van der Waals surface area contributed by atoms with Gasteiger partial charge in [0.05, 0.1) is 22.5 Å². The smallest absolute Gasteiger partial charge is 0.255 e. The fourth-order valence-electron chi connectivity index (χ4n) is 8.39. The van der Waals surface area contributed by atoms with E-state index in [1.807, 2.05) is 121 Å². The van der Waals surface area contributed by atoms with Crippen LogP contribution in [0.5, 0.6) is 34.5 Å². The van der Waals surface area contributed by atoms with Crippen molar-refractivity contribution in [2.45, 2.75) is 0 Å². The van der Waals surface area contributed by atoms with Crippen LogP contribution < -0.4 is 15.4 Å². The van der Waals surface area contributed by atoms with Crippen LogP contribution in [0.15, 0.2) is 231 Å². The molecule has 6 N–H and O–H groups in total. The number of carbonyl (C=O) groups excluding carboxylic acids is 2. The number of benzene rings is 10. The average molecular weight is 1030 g/mol. The van der Waals surface area contributed by atoms with Gasteiger partial charge in [0.15, 0.2) is 0 Å². The fraction of sp³-hybridized carbons (Fsp3) is 0. The molecular weight excluding hydrogens is 981 g/mol. The first-order valence-electron chi connectivity index (χ1n) is 24.8. The monoisotopic (exact) mass is 1020 g/mol. The highest BCUT2D eigenvalue weighted by Crippen LogP contribution is 2.47. The third-order valence-electron chi connectivity index (χ3n) is 12.3. The van der Waals surface area contributed by atoms with Crippen molar-refractivity contribution in [3.8, 4) is 104 Å². The molecule has 0 aliphatic rings. The first kappa shape index (κ1) is 50.9. The molecule has 0 radical (unpaired) electrons. The second-order valence-electron chi connectivity index (χ2n) is 17.8. The largest absolute Gasteiger partial charge is 0.508 e. The average Bonchev–Trinajstić information content (AvgIpc) is 3.54. The number of aromatic hydroxyl groups is 4. The van der Waals surface area contributed by atoms with Gasteiger partial charge in [-0.3, -0.25) is 9.59 Å². The quantitative estimate of drug-likeness (QED) is 0.0830. The molecule has 2 amide bonds. The van der Waals surface area contributed by atoms with E-state index in [-0.39, 0.29) is 79.3 Å². The van der Waals surface area contributed by atoms with Crippen LogP contribution in [-0.2, 0) is 0 Å². The van der Waals surface area contributed by atoms with Gasteiger partial charge in [0.2, 0.25) is 0 Å². The summed E-state index contributed by atoms with van der Waals surface area (Å²) in [6.07, 6.45) is 0. The highest BCUT2D eigenvalue weighted by atomic mass is 16.5. The van der Waals surface area contributed by atoms with Gasteiger partial charge in [0.1, 0.15) is 34.5 Å². The SMILES string of the molecule is O=C(Nc1c(-c2cc(O)ccc2Oc2ccc(O)cc2-c2ccc(O)c(C#Cc3ccccc3)c2NC(=O)c2cccc(C#Cc3ccccc3)c2)ccc(O)c1C#Cc1ccccc1)c1cccc(C#Cc2ccccc2)c1. The first-order valence-corrected chi connectivity index (χ1v) is 24.8. The molecule has 10 aromatic carbocycles. The molecule has 10 rings (SSSR count). The molecule has 79 heavy (non-hydrogen) atoms. The molecule has 0 saturated heterocycles. The predicted molar refractivity (Wildman–Crippen MR) is 309 cm³/mol. The standard InChI is InChI=1S/C70H44N2O7/c73-55-33-41-65(61(45-55)57-37-39-63(75)59(35-31-49-19-9-3-10-20-49)67(57)71-69(77)53-25-13-23-51(43-53)29-27-47-15-5-1-6-16-47)79-66-42-34-56(74)46-62(66)58-38-40-64(76)60(36-32-50-21-11-4-12-22-50)68(58)72-70(78)54-26-14-24-52(44-54)30-28-48-17-7-2-8-18-48/h1-26,33-34,37-46,73-76H,(H,71,77)(H,72,78). The van der Waals surface area contributed by atoms with E-state index in [4.69, 9.17) is 4.74 Å². The minimum Gasteiger partial charge on any atom is -0.508 e. The zero-order valence-corrected chi connectivity index (χ0v) is 42.0. The lowest BCUT2D eigenvalue weighted by Gasteiger charge is -2.20. The maximum absolute atomic E-state index is 14.5. The van der Waals surface area contributed by atoms with Crippen molar-refractivity contribution in [2.75, 3.05) is 10.6 Å². The summed E-state index contributed by atoms with van der Waals surface area (Å²) in [5.41, 5.74) is 6.16. The van der Waals surface area contributed by atoms with Crippen LogP contribution >= 0.6 is 0 Å². The molecule has 9 heteroatoms. The van der Waals surface area contributed by atoms with Crippen molar-refractivity contribution in [3.63, 3.8) is 0 Å². The molecule has 0 aliphatic heterocycles. The maximum Gasteiger partial charge on any atom is 0.255 e. The van der Waals surface area contributed by atoms with E-state index in [0.29, 0.717) is 33.4 Å². The van der Waals surface area contributed by atoms with Crippen molar-refractivity contribution in [1.29, 1.82) is 0 Å². The van der Waals surface area contributed by atoms with Crippen LogP contribution in [0.25, 0.3) is 22.3 Å². The molecule has 0 aliphatic carbocycles. The van der Waals surface area contributed by atoms with Gasteiger partial charge in [-0.25, -0.2) is 0 Å². The van der Waals surface area contributed by atoms with E-state index in [0.717, 1.165) is 11.1 Å². The summed E-state index contributed by atoms with van der Waals surface area (Å²) in [5, 5.41) is 51.5. The number of nitrogens with one attached hydrogen (secondary N) is 2. The van der Waals surface area contributed by atoms with E-state index in [2.05, 4.69) is 58.0 Å². The highest BCUT2D eigenvalue weighted by Gasteiger charge is 2.24. The van der Waals surface area contributed by atoms with E-state index >= 15 is 0 Å². The molecule has 0 unspecified atom stereocenters. The zero-order chi connectivity index (χ0) is 54.5. The third kappa shape index (κ3) is 12.5. The number of hydrogen-bond acceptors (Lipinski definition) is 7. The summed E-state index contributed by atoms with van der Waals surface area (Å²) in [6, 6.07) is 65.8. The number of anilines is 2. The second-order valence-corrected chi connectivity index (χ2v) is 17.8. The summed E-state index contributed by atoms with van der Waals surface area (Å²) in [7, 11) is 0. The number of hydrogen-bond donors (Lipinski definition) is 6. The Morgan fingerprint density at radius 3 is 1.01 bits per heavy atom. The Hall–Kier alpha value is -11.6. The van der Waals surface area contributed by atoms with Gasteiger partial charge >= 0.3 is 0 Å². The number of ether oxygens (including phenoxy) is 1. The van der Waals surface area contributed by atoms with Crippen LogP contribution in [0.2, 0.25) is 0 Å². The Labute approximate surface area is 456 Å². The summed E-state index contributed by atoms with van der Waals surface area (Å²) in [5.74, 6) is 23.3. The van der Waals surface area contributed by atoms with Gasteiger partial charge in [0.25, 0.3) is 11.8 Å². The number of rotatable bonds is 8. The number of carbonyl (C=O) groups is 2. The van der Waals surface area contributed by atoms with Crippen LogP contribution in [-0.4, -0.2) is 32.2 Å². The van der Waals surface area contributed by atoms with E-state index in [1.54, 1.807) is 60.7 Å². The number of phenolic OH excluding ortho intramolecular Hbond substituents is 4. The molecule has 0 saturated carbocycles. The Morgan fingerprint density at radius 1 is 0.316 bits per heavy atom. The van der Waals surface area contributed by atoms with Crippen LogP contribution in [0.4, 0.5) is 11.4 Å². The van der Waals surface area contributed by atoms with E-state index in [1.165, 1.54) is 48.5 Å². The van der Waals surface area contributed by atoms with Crippen molar-refractivity contribution in [3.05, 3.63) is 286 Å². The normalized spacial score (nSPS) is 10.2. The lowest BCUT2D eigenvalue weighted by Crippen LogP contribution is -2.14. The topological polar surface area (TPSA) is 148 Å². The molecule has 376 valence electrons. The molecule has 10 aromatic rings. The highest BCUT2D eigenvalue weighted by molar-refractivity contribution is 6.09. The molecule has 0 aromatic heterocycles. The van der Waals surface area contributed by atoms with Gasteiger partial charge < -0.3 is 35.8 Å². The van der Waals surface area contributed by atoms with Gasteiger partial charge in [-0.2, -0.15) is 0 Å². The van der Waals surface area contributed by atoms with Gasteiger partial charge in [-0.05, 0) is 146 Å². The van der Waals surface area contributed by atoms with Crippen molar-refractivity contribution >= 4 is 23.2 Å². The summed E-state index contributed by atoms with van der Waals surface area (Å²) < 4.78 is 6.83. The lowest BCUT2D eigenvalue weighted by atomic mass is 9.96. The van der Waals surface area contributed by atoms with Crippen molar-refractivity contribution < 1.29 is 34.8 Å². The van der Waals surface area contributed by atoms with E-state index in [9.17, 15) is 30.0 Å². The minimum atomic E-state index is -0.540. The molecule has 9 nitrogen and oxygen atoms in total. The predicted octanol–water partition coefficient (Wildman–Crippen LogP) is 13.7. The van der Waals surface area contributed by atoms with E-state index < -0.39 is 11.8 Å². The van der Waals surface area contributed by atoms with Crippen molar-refractivity contribution in [2.24, 2.45) is 0 Å². The van der Waals surface area contributed by atoms with Crippen LogP contribution in [0.1, 0.15) is 65.2 Å². The minimum absolute atomic E-state index is 0.0803. The molecule has 0 heterocycles. The van der Waals surface area contributed by atoms with Crippen LogP contribution in [0, 0.1) is 47.4 Å². The number of amides is 2. The lowest BCUT2D eigenvalue weighted by molar-refractivity contribution is 0.101. The van der Waals surface area contributed by atoms with Crippen molar-refractivity contribution in [1.82, 2.24) is 0 Å². The Bertz CT molecular complexity index is 3930. The van der Waals surface area contributed by atoms with Gasteiger partial charge in [-0.1, -0.05) is 132 Å². The maximum atomic E-state index is 14.5. The molecule has 0 spiro atoms. The molecule has 0 fully saturated rings. The van der Waals surface area contributed by atoms with Gasteiger partial charge in [-0.15, -0.1) is 0 Å². The number of phenols is 4. The van der Waals surface area contributed by atoms with Gasteiger partial charge in [0, 0.05) is 66.8 Å². The van der Waals surface area contributed by atoms with Crippen LogP contribution in [0.3, 0.4) is 0 Å². The molecular formula is C70H44N2O7. The Balaban J connectivity index is 1.07. The first-order chi connectivity index (χ1) is 38.6.